The molecule has 1 aliphatic heterocycles. The van der Waals surface area contributed by atoms with Crippen LogP contribution in [0.4, 0.5) is 0 Å². The number of nitrogens with zero attached hydrogens (tertiary/aromatic N) is 1. The van der Waals surface area contributed by atoms with Gasteiger partial charge in [-0.2, -0.15) is 0 Å². The number of piperidine rings is 1. The van der Waals surface area contributed by atoms with E-state index < -0.39 is 0 Å². The maximum Gasteiger partial charge on any atom is 0.225 e. The number of Topliss-reactive ketones (excluding diaryl/α,β-unsaturated/α-hetero) is 1. The average molecular weight is 350 g/mol. The summed E-state index contributed by atoms with van der Waals surface area (Å²) < 4.78 is 0. The molecule has 1 saturated heterocycles. The van der Waals surface area contributed by atoms with Crippen LogP contribution in [0.5, 0.6) is 0 Å². The minimum Gasteiger partial charge on any atom is -0.342 e. The highest BCUT2D eigenvalue weighted by Crippen LogP contribution is 2.37. The molecule has 1 aliphatic carbocycles. The number of likely N-dealkylation sites (tertiary alicyclic amines) is 1. The number of hydrogen-bond donors (Lipinski definition) is 0. The van der Waals surface area contributed by atoms with Crippen LogP contribution in [0, 0.1) is 28.6 Å². The van der Waals surface area contributed by atoms with Crippen molar-refractivity contribution in [3.8, 4) is 0 Å². The first kappa shape index (κ1) is 20.5. The second kappa shape index (κ2) is 7.80. The molecule has 2 fully saturated rings. The van der Waals surface area contributed by atoms with E-state index in [0.717, 1.165) is 44.7 Å². The van der Waals surface area contributed by atoms with Gasteiger partial charge in [0.05, 0.1) is 0 Å². The van der Waals surface area contributed by atoms with Gasteiger partial charge in [0.1, 0.15) is 5.78 Å². The van der Waals surface area contributed by atoms with Crippen molar-refractivity contribution in [1.82, 2.24) is 4.90 Å². The van der Waals surface area contributed by atoms with Gasteiger partial charge in [0.2, 0.25) is 5.91 Å². The number of amides is 1. The van der Waals surface area contributed by atoms with Crippen LogP contribution >= 0.6 is 0 Å². The zero-order valence-corrected chi connectivity index (χ0v) is 17.4. The Morgan fingerprint density at radius 2 is 1.32 bits per heavy atom. The number of ketones is 1. The van der Waals surface area contributed by atoms with E-state index in [0.29, 0.717) is 17.1 Å². The summed E-state index contributed by atoms with van der Waals surface area (Å²) >= 11 is 0. The van der Waals surface area contributed by atoms with E-state index in [9.17, 15) is 9.59 Å². The van der Waals surface area contributed by atoms with Crippen molar-refractivity contribution in [2.45, 2.75) is 86.5 Å². The average Bonchev–Trinajstić information content (AvgIpc) is 2.52. The van der Waals surface area contributed by atoms with Gasteiger partial charge < -0.3 is 4.90 Å². The summed E-state index contributed by atoms with van der Waals surface area (Å²) in [7, 11) is 0. The first-order valence-electron chi connectivity index (χ1n) is 10.3. The van der Waals surface area contributed by atoms with Gasteiger partial charge in [0, 0.05) is 30.3 Å². The topological polar surface area (TPSA) is 37.4 Å². The van der Waals surface area contributed by atoms with Crippen molar-refractivity contribution in [1.29, 1.82) is 0 Å². The molecule has 0 N–H and O–H groups in total. The van der Waals surface area contributed by atoms with Gasteiger partial charge in [-0.15, -0.1) is 0 Å². The summed E-state index contributed by atoms with van der Waals surface area (Å²) in [6.07, 6.45) is 7.48. The maximum absolute atomic E-state index is 12.9. The highest BCUT2D eigenvalue weighted by atomic mass is 16.2. The Bertz CT molecular complexity index is 467. The van der Waals surface area contributed by atoms with Gasteiger partial charge in [-0.3, -0.25) is 9.59 Å². The van der Waals surface area contributed by atoms with E-state index in [-0.39, 0.29) is 17.3 Å². The molecule has 3 heteroatoms. The molecule has 0 radical (unpaired) electrons. The summed E-state index contributed by atoms with van der Waals surface area (Å²) in [6.45, 7) is 14.5. The predicted molar refractivity (Wildman–Crippen MR) is 103 cm³/mol. The molecule has 1 heterocycles. The van der Waals surface area contributed by atoms with Crippen molar-refractivity contribution in [3.63, 3.8) is 0 Å². The second-order valence-electron chi connectivity index (χ2n) is 10.7. The van der Waals surface area contributed by atoms with Crippen LogP contribution in [0.15, 0.2) is 0 Å². The van der Waals surface area contributed by atoms with E-state index in [1.54, 1.807) is 0 Å². The molecule has 2 rings (SSSR count). The normalized spacial score (nSPS) is 26.6. The van der Waals surface area contributed by atoms with Crippen molar-refractivity contribution >= 4 is 11.7 Å². The zero-order chi connectivity index (χ0) is 18.8. The third-order valence-electron chi connectivity index (χ3n) is 6.01. The third-order valence-corrected chi connectivity index (χ3v) is 6.01. The zero-order valence-electron chi connectivity index (χ0n) is 17.4. The lowest BCUT2D eigenvalue weighted by molar-refractivity contribution is -0.141. The Labute approximate surface area is 154 Å². The van der Waals surface area contributed by atoms with Crippen LogP contribution in [0.25, 0.3) is 0 Å². The maximum atomic E-state index is 12.9. The van der Waals surface area contributed by atoms with E-state index in [2.05, 4.69) is 20.8 Å². The largest absolute Gasteiger partial charge is 0.342 e. The number of hydrogen-bond acceptors (Lipinski definition) is 2. The summed E-state index contributed by atoms with van der Waals surface area (Å²) in [5.74, 6) is 1.88. The molecule has 3 nitrogen and oxygen atoms in total. The molecule has 0 bridgehead atoms. The summed E-state index contributed by atoms with van der Waals surface area (Å²) in [4.78, 5) is 27.3. The number of carbonyl (C=O) groups is 2. The van der Waals surface area contributed by atoms with Crippen LogP contribution in [-0.4, -0.2) is 29.7 Å². The predicted octanol–water partition coefficient (Wildman–Crippen LogP) is 5.08. The van der Waals surface area contributed by atoms with Gasteiger partial charge in [0.15, 0.2) is 0 Å². The van der Waals surface area contributed by atoms with Gasteiger partial charge in [-0.05, 0) is 56.3 Å². The molecule has 0 aromatic rings. The lowest BCUT2D eigenvalue weighted by atomic mass is 9.74. The smallest absolute Gasteiger partial charge is 0.225 e. The molecule has 0 aromatic carbocycles. The Balaban J connectivity index is 1.79. The van der Waals surface area contributed by atoms with Gasteiger partial charge in [-0.25, -0.2) is 0 Å². The van der Waals surface area contributed by atoms with E-state index in [4.69, 9.17) is 0 Å². The lowest BCUT2D eigenvalue weighted by Gasteiger charge is -2.38. The Morgan fingerprint density at radius 1 is 0.800 bits per heavy atom. The molecule has 2 aliphatic rings. The highest BCUT2D eigenvalue weighted by molar-refractivity contribution is 5.86. The van der Waals surface area contributed by atoms with Crippen molar-refractivity contribution < 1.29 is 9.59 Å². The monoisotopic (exact) mass is 349 g/mol. The van der Waals surface area contributed by atoms with Crippen molar-refractivity contribution in [2.75, 3.05) is 13.1 Å². The minimum absolute atomic E-state index is 0.145. The Morgan fingerprint density at radius 3 is 1.76 bits per heavy atom. The van der Waals surface area contributed by atoms with Gasteiger partial charge >= 0.3 is 0 Å². The molecule has 0 spiro atoms. The Hall–Kier alpha value is -0.860. The Kier molecular flexibility index (Phi) is 6.38. The van der Waals surface area contributed by atoms with Crippen LogP contribution in [0.2, 0.25) is 0 Å². The fourth-order valence-electron chi connectivity index (χ4n) is 4.71. The van der Waals surface area contributed by atoms with E-state index in [1.807, 2.05) is 25.7 Å². The number of carbonyl (C=O) groups excluding carboxylic acids is 2. The van der Waals surface area contributed by atoms with Crippen LogP contribution in [0.1, 0.15) is 86.5 Å². The van der Waals surface area contributed by atoms with Crippen LogP contribution in [-0.2, 0) is 9.59 Å². The standard InChI is InChI=1S/C22H39NO2/c1-21(2,3)15-16-7-9-18(10-8-16)20(25)23-13-11-17(12-14-23)19(24)22(4,5)6/h16-18H,7-15H2,1-6H3. The molecule has 1 amide bonds. The molecular weight excluding hydrogens is 310 g/mol. The second-order valence-corrected chi connectivity index (χ2v) is 10.7. The molecule has 0 aromatic heterocycles. The molecule has 0 unspecified atom stereocenters. The third kappa shape index (κ3) is 5.82. The summed E-state index contributed by atoms with van der Waals surface area (Å²) in [5.41, 5.74) is 0.130. The first-order chi connectivity index (χ1) is 11.5. The molecular formula is C22H39NO2. The van der Waals surface area contributed by atoms with Crippen LogP contribution in [0.3, 0.4) is 0 Å². The quantitative estimate of drug-likeness (QED) is 0.712. The summed E-state index contributed by atoms with van der Waals surface area (Å²) in [5, 5.41) is 0. The fourth-order valence-corrected chi connectivity index (χ4v) is 4.71. The van der Waals surface area contributed by atoms with E-state index >= 15 is 0 Å². The van der Waals surface area contributed by atoms with Crippen LogP contribution < -0.4 is 0 Å². The fraction of sp³-hybridized carbons (Fsp3) is 0.909. The van der Waals surface area contributed by atoms with Crippen molar-refractivity contribution in [3.05, 3.63) is 0 Å². The molecule has 1 saturated carbocycles. The van der Waals surface area contributed by atoms with E-state index in [1.165, 1.54) is 19.3 Å². The highest BCUT2D eigenvalue weighted by Gasteiger charge is 2.36. The van der Waals surface area contributed by atoms with Crippen molar-refractivity contribution in [2.24, 2.45) is 28.6 Å². The number of rotatable bonds is 3. The van der Waals surface area contributed by atoms with Gasteiger partial charge in [0.25, 0.3) is 0 Å². The molecule has 25 heavy (non-hydrogen) atoms. The first-order valence-corrected chi connectivity index (χ1v) is 10.3. The minimum atomic E-state index is -0.262. The SMILES string of the molecule is CC(C)(C)CC1CCC(C(=O)N2CCC(C(=O)C(C)(C)C)CC2)CC1. The molecule has 144 valence electrons. The summed E-state index contributed by atoms with van der Waals surface area (Å²) in [6, 6.07) is 0. The lowest BCUT2D eigenvalue weighted by Crippen LogP contribution is -2.45. The van der Waals surface area contributed by atoms with Gasteiger partial charge in [-0.1, -0.05) is 41.5 Å². The molecule has 0 atom stereocenters.